The second-order valence-corrected chi connectivity index (χ2v) is 28.5. The SMILES string of the molecule is CCCCCCCOc1ccc(-c2ccc(-c3ccc(C(=O)N[C@H]4CCCNC(=O)[C@@H]5C[C@H](N)CN5C(=O)[C@H](CCCN)NC(=O)[C@H](CCc5ccc(O)cc5)NC(=O)[C@@H]5CCCN5C(=O)[C@H]([C@@H](C)O)NC4=O)cc3)cc2)cc1.Cc1ccc(S(=O)(=O)O)cc1.Cc1ccc(S(=O)(=O)O)cc1. The molecule has 7 amide bonds. The van der Waals surface area contributed by atoms with Gasteiger partial charge in [-0.2, -0.15) is 16.8 Å². The number of amides is 7. The Morgan fingerprint density at radius 3 is 1.70 bits per heavy atom. The Hall–Kier alpha value is -9.09. The van der Waals surface area contributed by atoms with Crippen molar-refractivity contribution in [1.82, 2.24) is 36.4 Å². The molecule has 8 atom stereocenters. The average molecular weight is 1430 g/mol. The molecule has 9 rings (SSSR count). The van der Waals surface area contributed by atoms with Gasteiger partial charge in [0.15, 0.2) is 0 Å². The van der Waals surface area contributed by atoms with Crippen LogP contribution in [0.15, 0.2) is 155 Å². The van der Waals surface area contributed by atoms with E-state index in [0.29, 0.717) is 19.4 Å². The quantitative estimate of drug-likeness (QED) is 0.0280. The Morgan fingerprint density at radius 1 is 0.614 bits per heavy atom. The van der Waals surface area contributed by atoms with E-state index in [1.807, 2.05) is 74.5 Å². The van der Waals surface area contributed by atoms with Crippen molar-refractivity contribution in [2.75, 3.05) is 32.8 Å². The molecule has 0 aliphatic carbocycles. The number of phenols is 1. The molecule has 3 saturated heterocycles. The highest BCUT2D eigenvalue weighted by molar-refractivity contribution is 7.86. The van der Waals surface area contributed by atoms with Crippen molar-refractivity contribution in [3.63, 3.8) is 0 Å². The Bertz CT molecular complexity index is 3890. The highest BCUT2D eigenvalue weighted by atomic mass is 32.2. The van der Waals surface area contributed by atoms with Crippen LogP contribution >= 0.6 is 0 Å². The summed E-state index contributed by atoms with van der Waals surface area (Å²) in [6, 6.07) is 33.6. The van der Waals surface area contributed by atoms with Crippen LogP contribution in [0.5, 0.6) is 11.5 Å². The summed E-state index contributed by atoms with van der Waals surface area (Å²) >= 11 is 0. The van der Waals surface area contributed by atoms with E-state index >= 15 is 0 Å². The number of nitrogens with zero attached hydrogens (tertiary/aromatic N) is 2. The van der Waals surface area contributed by atoms with E-state index in [1.165, 1.54) is 72.4 Å². The third kappa shape index (κ3) is 24.0. The number of fused-ring (bicyclic) bond motifs is 2. The van der Waals surface area contributed by atoms with Gasteiger partial charge >= 0.3 is 0 Å². The van der Waals surface area contributed by atoms with Gasteiger partial charge in [0, 0.05) is 31.2 Å². The maximum Gasteiger partial charge on any atom is 0.294 e. The molecule has 544 valence electrons. The standard InChI is InChI=1S/C60H79N9O10.2C7H8O3S/c1-3-4-5-6-7-35-79-47-29-25-43(26-30-47)41-19-17-40(18-20-41)42-21-23-44(24-22-42)54(72)64-48-12-9-33-63-57(75)52-36-45(62)37-69(52)59(77)50(11-8-32-61)66-55(73)49(31-16-39-14-27-46(71)28-15-39)65-58(76)51-13-10-34-68(51)60(78)53(38(2)70)67-56(48)74;2*1-6-2-4-7(5-3-6)11(8,9)10/h14-15,17-30,38,45,48-53,70-71H,3-13,16,31-37,61-62H2,1-2H3,(H,63,75)(H,64,72)(H,65,76)(H,66,73)(H,67,74);2*2-5H,1H3,(H,8,9,10)/t38-,45+,48+,49+,50+,51+,52+,53+;;/m1../s1. The van der Waals surface area contributed by atoms with Gasteiger partial charge in [-0.1, -0.05) is 129 Å². The minimum absolute atomic E-state index is 0.0157. The minimum atomic E-state index is -4.02. The lowest BCUT2D eigenvalue weighted by atomic mass is 9.99. The van der Waals surface area contributed by atoms with Gasteiger partial charge in [0.1, 0.15) is 47.8 Å². The number of nitrogens with two attached hydrogens (primary N) is 2. The van der Waals surface area contributed by atoms with Crippen molar-refractivity contribution in [3.8, 4) is 33.8 Å². The summed E-state index contributed by atoms with van der Waals surface area (Å²) in [5.41, 5.74) is 19.0. The Balaban J connectivity index is 0.000000549. The summed E-state index contributed by atoms with van der Waals surface area (Å²) < 4.78 is 65.1. The minimum Gasteiger partial charge on any atom is -0.508 e. The zero-order chi connectivity index (χ0) is 73.4. The van der Waals surface area contributed by atoms with E-state index in [-0.39, 0.29) is 92.2 Å². The first-order valence-corrected chi connectivity index (χ1v) is 37.1. The van der Waals surface area contributed by atoms with E-state index in [1.54, 1.807) is 48.5 Å². The largest absolute Gasteiger partial charge is 0.508 e. The molecule has 0 bridgehead atoms. The third-order valence-corrected chi connectivity index (χ3v) is 19.4. The number of carbonyl (C=O) groups excluding carboxylic acids is 7. The second kappa shape index (κ2) is 38.1. The Kier molecular flexibility index (Phi) is 29.9. The predicted molar refractivity (Wildman–Crippen MR) is 382 cm³/mol. The summed E-state index contributed by atoms with van der Waals surface area (Å²) in [7, 11) is -8.04. The molecule has 27 heteroatoms. The van der Waals surface area contributed by atoms with E-state index in [9.17, 15) is 60.6 Å². The number of carbonyl (C=O) groups is 7. The van der Waals surface area contributed by atoms with Crippen LogP contribution in [0.2, 0.25) is 0 Å². The summed E-state index contributed by atoms with van der Waals surface area (Å²) in [4.78, 5) is 102. The van der Waals surface area contributed by atoms with Gasteiger partial charge in [-0.25, -0.2) is 0 Å². The number of aliphatic hydroxyl groups excluding tert-OH is 1. The van der Waals surface area contributed by atoms with Gasteiger partial charge in [0.05, 0.1) is 22.5 Å². The fourth-order valence-corrected chi connectivity index (χ4v) is 12.9. The Morgan fingerprint density at radius 2 is 1.16 bits per heavy atom. The van der Waals surface area contributed by atoms with Gasteiger partial charge in [-0.05, 0) is 180 Å². The molecule has 3 aliphatic heterocycles. The fraction of sp³-hybridized carbons (Fsp3) is 0.419. The van der Waals surface area contributed by atoms with Crippen LogP contribution in [0.3, 0.4) is 0 Å². The zero-order valence-corrected chi connectivity index (χ0v) is 59.1. The number of hydrogen-bond donors (Lipinski definition) is 11. The summed E-state index contributed by atoms with van der Waals surface area (Å²) in [6.07, 6.45) is 6.15. The lowest BCUT2D eigenvalue weighted by molar-refractivity contribution is -0.144. The number of aliphatic hydroxyl groups is 1. The molecular formula is C74H95N9O16S2. The monoisotopic (exact) mass is 1430 g/mol. The first kappa shape index (κ1) is 79.2. The smallest absolute Gasteiger partial charge is 0.294 e. The lowest BCUT2D eigenvalue weighted by Crippen LogP contribution is -2.61. The molecule has 0 spiro atoms. The molecule has 13 N–H and O–H groups in total. The van der Waals surface area contributed by atoms with Gasteiger partial charge < -0.3 is 62.8 Å². The molecule has 3 heterocycles. The molecule has 0 unspecified atom stereocenters. The number of hydrogen-bond acceptors (Lipinski definition) is 16. The van der Waals surface area contributed by atoms with E-state index in [2.05, 4.69) is 33.5 Å². The van der Waals surface area contributed by atoms with Crippen LogP contribution in [0.4, 0.5) is 0 Å². The molecule has 0 saturated carbocycles. The van der Waals surface area contributed by atoms with Crippen molar-refractivity contribution in [1.29, 1.82) is 0 Å². The number of nitrogens with one attached hydrogen (secondary N) is 5. The van der Waals surface area contributed by atoms with Crippen LogP contribution in [0.1, 0.15) is 124 Å². The van der Waals surface area contributed by atoms with Crippen LogP contribution in [0.25, 0.3) is 22.3 Å². The van der Waals surface area contributed by atoms with Gasteiger partial charge in [0.25, 0.3) is 26.1 Å². The number of rotatable bonds is 20. The second-order valence-electron chi connectivity index (χ2n) is 25.7. The topological polar surface area (TPSA) is 397 Å². The molecule has 6 aromatic carbocycles. The number of unbranched alkanes of at least 4 members (excludes halogenated alkanes) is 4. The molecule has 0 radical (unpaired) electrons. The average Bonchev–Trinajstić information content (AvgIpc) is 1.74. The van der Waals surface area contributed by atoms with Crippen molar-refractivity contribution < 1.29 is 74.5 Å². The molecule has 0 aromatic heterocycles. The van der Waals surface area contributed by atoms with E-state index < -0.39 is 110 Å². The summed E-state index contributed by atoms with van der Waals surface area (Å²) in [6.45, 7) is 8.29. The number of aromatic hydroxyl groups is 1. The molecule has 6 aromatic rings. The lowest BCUT2D eigenvalue weighted by Gasteiger charge is -2.32. The highest BCUT2D eigenvalue weighted by Crippen LogP contribution is 2.28. The molecule has 101 heavy (non-hydrogen) atoms. The van der Waals surface area contributed by atoms with Crippen LogP contribution in [-0.4, -0.2) is 168 Å². The predicted octanol–water partition coefficient (Wildman–Crippen LogP) is 6.69. The van der Waals surface area contributed by atoms with Gasteiger partial charge in [-0.3, -0.25) is 42.7 Å². The number of ether oxygens (including phenoxy) is 1. The maximum absolute atomic E-state index is 14.4. The van der Waals surface area contributed by atoms with Gasteiger partial charge in [0.2, 0.25) is 35.4 Å². The zero-order valence-electron chi connectivity index (χ0n) is 57.5. The van der Waals surface area contributed by atoms with Crippen molar-refractivity contribution in [2.24, 2.45) is 11.5 Å². The number of phenolic OH excluding ortho intramolecular Hbond substituents is 1. The fourth-order valence-electron chi connectivity index (χ4n) is 11.9. The number of aryl methyl sites for hydroxylation is 3. The van der Waals surface area contributed by atoms with Crippen LogP contribution in [-0.2, 0) is 55.4 Å². The molecular weight excluding hydrogens is 1330 g/mol. The number of benzene rings is 6. The normalized spacial score (nSPS) is 20.5. The Labute approximate surface area is 591 Å². The first-order valence-electron chi connectivity index (χ1n) is 34.2. The summed E-state index contributed by atoms with van der Waals surface area (Å²) in [5, 5.41) is 34.9. The molecule has 3 fully saturated rings. The van der Waals surface area contributed by atoms with Crippen molar-refractivity contribution >= 4 is 61.6 Å². The molecule has 3 aliphatic rings. The summed E-state index contributed by atoms with van der Waals surface area (Å²) in [5.74, 6) is -3.60. The van der Waals surface area contributed by atoms with E-state index in [0.717, 1.165) is 57.5 Å². The van der Waals surface area contributed by atoms with E-state index in [4.69, 9.17) is 25.3 Å². The van der Waals surface area contributed by atoms with Crippen LogP contribution < -0.4 is 42.8 Å². The first-order chi connectivity index (χ1) is 48.1. The van der Waals surface area contributed by atoms with Crippen molar-refractivity contribution in [2.45, 2.75) is 176 Å². The van der Waals surface area contributed by atoms with Crippen molar-refractivity contribution in [3.05, 3.63) is 168 Å². The highest BCUT2D eigenvalue weighted by Gasteiger charge is 2.44. The molecule has 25 nitrogen and oxygen atoms in total. The maximum atomic E-state index is 14.4. The third-order valence-electron chi connectivity index (χ3n) is 17.7. The van der Waals surface area contributed by atoms with Crippen LogP contribution in [0, 0.1) is 13.8 Å². The van der Waals surface area contributed by atoms with Gasteiger partial charge in [-0.15, -0.1) is 0 Å².